The number of hydrogen-bond acceptors (Lipinski definition) is 6. The maximum absolute atomic E-state index is 13.1. The molecule has 1 atom stereocenters. The van der Waals surface area contributed by atoms with Gasteiger partial charge in [-0.25, -0.2) is 21.6 Å². The molecule has 0 bridgehead atoms. The van der Waals surface area contributed by atoms with Gasteiger partial charge in [0, 0.05) is 32.2 Å². The average Bonchev–Trinajstić information content (AvgIpc) is 3.36. The van der Waals surface area contributed by atoms with Gasteiger partial charge in [-0.05, 0) is 49.3 Å². The zero-order valence-corrected chi connectivity index (χ0v) is 20.0. The summed E-state index contributed by atoms with van der Waals surface area (Å²) in [7, 11) is -7.16. The zero-order chi connectivity index (χ0) is 22.8. The average molecular weight is 498 g/mol. The number of hydrogen-bond donors (Lipinski definition) is 1. The Morgan fingerprint density at radius 3 is 2.31 bits per heavy atom. The van der Waals surface area contributed by atoms with E-state index in [-0.39, 0.29) is 29.3 Å². The Morgan fingerprint density at radius 1 is 0.938 bits per heavy atom. The van der Waals surface area contributed by atoms with Gasteiger partial charge in [0.1, 0.15) is 4.21 Å². The molecule has 8 nitrogen and oxygen atoms in total. The molecule has 2 aliphatic rings. The van der Waals surface area contributed by atoms with Crippen LogP contribution in [-0.4, -0.2) is 64.2 Å². The van der Waals surface area contributed by atoms with E-state index in [0.29, 0.717) is 49.5 Å². The third-order valence-electron chi connectivity index (χ3n) is 6.00. The van der Waals surface area contributed by atoms with E-state index in [1.165, 1.54) is 15.6 Å². The number of benzene rings is 1. The SMILES string of the molecule is O=C(C1CCCN(S(=O)(=O)c2cccs2)C1)N1CCC(NS(=O)(=O)c2ccccc2)CC1. The molecule has 1 aromatic heterocycles. The van der Waals surface area contributed by atoms with Gasteiger partial charge in [-0.1, -0.05) is 24.3 Å². The molecule has 0 saturated carbocycles. The molecule has 2 aromatic rings. The van der Waals surface area contributed by atoms with Crippen LogP contribution in [0.15, 0.2) is 56.9 Å². The van der Waals surface area contributed by atoms with Gasteiger partial charge in [0.05, 0.1) is 10.8 Å². The van der Waals surface area contributed by atoms with Crippen LogP contribution in [0.1, 0.15) is 25.7 Å². The Morgan fingerprint density at radius 2 is 1.66 bits per heavy atom. The minimum absolute atomic E-state index is 0.0413. The van der Waals surface area contributed by atoms with Gasteiger partial charge >= 0.3 is 0 Å². The van der Waals surface area contributed by atoms with Gasteiger partial charge in [0.2, 0.25) is 15.9 Å². The van der Waals surface area contributed by atoms with Crippen LogP contribution >= 0.6 is 11.3 Å². The molecule has 0 radical (unpaired) electrons. The second kappa shape index (κ2) is 9.60. The molecule has 0 aliphatic carbocycles. The molecule has 11 heteroatoms. The van der Waals surface area contributed by atoms with Crippen LogP contribution in [-0.2, 0) is 24.8 Å². The summed E-state index contributed by atoms with van der Waals surface area (Å²) in [6.45, 7) is 1.52. The third kappa shape index (κ3) is 5.07. The Labute approximate surface area is 193 Å². The normalized spacial score (nSPS) is 21.5. The topological polar surface area (TPSA) is 104 Å². The van der Waals surface area contributed by atoms with Crippen molar-refractivity contribution in [2.24, 2.45) is 5.92 Å². The third-order valence-corrected chi connectivity index (χ3v) is 10.8. The van der Waals surface area contributed by atoms with E-state index < -0.39 is 20.0 Å². The van der Waals surface area contributed by atoms with Gasteiger partial charge < -0.3 is 4.90 Å². The van der Waals surface area contributed by atoms with Gasteiger partial charge in [0.25, 0.3) is 10.0 Å². The highest BCUT2D eigenvalue weighted by Crippen LogP contribution is 2.28. The standard InChI is InChI=1S/C21H27N3O5S3/c25-21(17-6-4-12-24(16-17)32(28,29)20-9-5-15-30-20)23-13-10-18(11-14-23)22-31(26,27)19-7-2-1-3-8-19/h1-3,5,7-9,15,17-18,22H,4,6,10-14,16H2. The molecule has 1 unspecified atom stereocenters. The van der Waals surface area contributed by atoms with Gasteiger partial charge in [-0.3, -0.25) is 4.79 Å². The lowest BCUT2D eigenvalue weighted by Gasteiger charge is -2.37. The summed E-state index contributed by atoms with van der Waals surface area (Å²) in [5, 5.41) is 1.73. The number of carbonyl (C=O) groups excluding carboxylic acids is 1. The summed E-state index contributed by atoms with van der Waals surface area (Å²) >= 11 is 1.18. The fraction of sp³-hybridized carbons (Fsp3) is 0.476. The molecule has 2 saturated heterocycles. The highest BCUT2D eigenvalue weighted by atomic mass is 32.2. The lowest BCUT2D eigenvalue weighted by Crippen LogP contribution is -2.51. The van der Waals surface area contributed by atoms with Crippen molar-refractivity contribution < 1.29 is 21.6 Å². The Balaban J connectivity index is 1.33. The number of carbonyl (C=O) groups is 1. The molecule has 174 valence electrons. The first-order valence-electron chi connectivity index (χ1n) is 10.7. The molecule has 32 heavy (non-hydrogen) atoms. The van der Waals surface area contributed by atoms with Crippen molar-refractivity contribution in [1.82, 2.24) is 13.9 Å². The van der Waals surface area contributed by atoms with Crippen LogP contribution in [0.2, 0.25) is 0 Å². The van der Waals surface area contributed by atoms with Crippen LogP contribution in [0.3, 0.4) is 0 Å². The molecular formula is C21H27N3O5S3. The van der Waals surface area contributed by atoms with Crippen molar-refractivity contribution in [1.29, 1.82) is 0 Å². The molecule has 1 aromatic carbocycles. The molecular weight excluding hydrogens is 470 g/mol. The smallest absolute Gasteiger partial charge is 0.252 e. The minimum atomic E-state index is -3.59. The lowest BCUT2D eigenvalue weighted by molar-refractivity contribution is -0.137. The molecule has 2 aliphatic heterocycles. The molecule has 3 heterocycles. The van der Waals surface area contributed by atoms with Crippen molar-refractivity contribution in [3.05, 3.63) is 47.8 Å². The molecule has 2 fully saturated rings. The number of nitrogens with one attached hydrogen (secondary N) is 1. The quantitative estimate of drug-likeness (QED) is 0.658. The van der Waals surface area contributed by atoms with Crippen molar-refractivity contribution in [3.63, 3.8) is 0 Å². The van der Waals surface area contributed by atoms with E-state index in [2.05, 4.69) is 4.72 Å². The summed E-state index contributed by atoms with van der Waals surface area (Å²) in [5.74, 6) is -0.406. The molecule has 4 rings (SSSR count). The van der Waals surface area contributed by atoms with Crippen LogP contribution in [0, 0.1) is 5.92 Å². The first-order valence-corrected chi connectivity index (χ1v) is 14.5. The Hall–Kier alpha value is -1.79. The van der Waals surface area contributed by atoms with Crippen molar-refractivity contribution in [3.8, 4) is 0 Å². The monoisotopic (exact) mass is 497 g/mol. The number of rotatable bonds is 6. The highest BCUT2D eigenvalue weighted by molar-refractivity contribution is 7.91. The van der Waals surface area contributed by atoms with Gasteiger partial charge in [-0.15, -0.1) is 11.3 Å². The maximum Gasteiger partial charge on any atom is 0.252 e. The van der Waals surface area contributed by atoms with Gasteiger partial charge in [-0.2, -0.15) is 4.31 Å². The summed E-state index contributed by atoms with van der Waals surface area (Å²) in [5.41, 5.74) is 0. The number of amides is 1. The summed E-state index contributed by atoms with van der Waals surface area (Å²) in [6, 6.07) is 11.3. The second-order valence-corrected chi connectivity index (χ2v) is 13.0. The van der Waals surface area contributed by atoms with Gasteiger partial charge in [0.15, 0.2) is 0 Å². The maximum atomic E-state index is 13.1. The van der Waals surface area contributed by atoms with Crippen LogP contribution < -0.4 is 4.72 Å². The van der Waals surface area contributed by atoms with E-state index in [1.807, 2.05) is 0 Å². The molecule has 0 spiro atoms. The highest BCUT2D eigenvalue weighted by Gasteiger charge is 2.36. The molecule has 1 N–H and O–H groups in total. The fourth-order valence-corrected chi connectivity index (χ4v) is 8.26. The predicted molar refractivity (Wildman–Crippen MR) is 122 cm³/mol. The first kappa shape index (κ1) is 23.4. The Bertz CT molecular complexity index is 1130. The molecule has 1 amide bonds. The van der Waals surface area contributed by atoms with E-state index >= 15 is 0 Å². The second-order valence-electron chi connectivity index (χ2n) is 8.17. The summed E-state index contributed by atoms with van der Waals surface area (Å²) < 4.78 is 55.2. The van der Waals surface area contributed by atoms with Crippen LogP contribution in [0.5, 0.6) is 0 Å². The van der Waals surface area contributed by atoms with Crippen molar-refractivity contribution in [2.75, 3.05) is 26.2 Å². The number of thiophene rings is 1. The van der Waals surface area contributed by atoms with E-state index in [0.717, 1.165) is 0 Å². The number of likely N-dealkylation sites (tertiary alicyclic amines) is 1. The Kier molecular flexibility index (Phi) is 7.01. The van der Waals surface area contributed by atoms with E-state index in [4.69, 9.17) is 0 Å². The summed E-state index contributed by atoms with van der Waals surface area (Å²) in [6.07, 6.45) is 2.37. The van der Waals surface area contributed by atoms with Crippen LogP contribution in [0.25, 0.3) is 0 Å². The first-order chi connectivity index (χ1) is 15.3. The largest absolute Gasteiger partial charge is 0.342 e. The van der Waals surface area contributed by atoms with Crippen LogP contribution in [0.4, 0.5) is 0 Å². The number of sulfonamides is 2. The minimum Gasteiger partial charge on any atom is -0.342 e. The van der Waals surface area contributed by atoms with Crippen molar-refractivity contribution in [2.45, 2.75) is 40.8 Å². The predicted octanol–water partition coefficient (Wildman–Crippen LogP) is 2.12. The number of nitrogens with zero attached hydrogens (tertiary/aromatic N) is 2. The summed E-state index contributed by atoms with van der Waals surface area (Å²) in [4.78, 5) is 15.1. The van der Waals surface area contributed by atoms with Crippen molar-refractivity contribution >= 4 is 37.3 Å². The lowest BCUT2D eigenvalue weighted by atomic mass is 9.96. The number of piperidine rings is 2. The van der Waals surface area contributed by atoms with E-state index in [1.54, 1.807) is 52.7 Å². The fourth-order valence-electron chi connectivity index (χ4n) is 4.26. The zero-order valence-electron chi connectivity index (χ0n) is 17.6. The van der Waals surface area contributed by atoms with E-state index in [9.17, 15) is 21.6 Å².